The lowest BCUT2D eigenvalue weighted by atomic mass is 9.99. The summed E-state index contributed by atoms with van der Waals surface area (Å²) in [7, 11) is 0. The van der Waals surface area contributed by atoms with Gasteiger partial charge in [0.2, 0.25) is 11.8 Å². The molecule has 2 amide bonds. The fraction of sp³-hybridized carbons (Fsp3) is 0.875. The normalized spacial score (nSPS) is 28.6. The average molecular weight is 378 g/mol. The van der Waals surface area contributed by atoms with Gasteiger partial charge < -0.3 is 40.5 Å². The van der Waals surface area contributed by atoms with Crippen LogP contribution in [0, 0.1) is 0 Å². The summed E-state index contributed by atoms with van der Waals surface area (Å²) in [6.45, 7) is 2.10. The summed E-state index contributed by atoms with van der Waals surface area (Å²) in [4.78, 5) is 22.9. The van der Waals surface area contributed by atoms with E-state index < -0.39 is 37.3 Å². The van der Waals surface area contributed by atoms with Crippen molar-refractivity contribution in [1.29, 1.82) is 0 Å². The van der Waals surface area contributed by atoms with Crippen molar-refractivity contribution in [2.45, 2.75) is 63.3 Å². The molecule has 0 aromatic carbocycles. The first-order valence-electron chi connectivity index (χ1n) is 8.86. The predicted molar refractivity (Wildman–Crippen MR) is 89.9 cm³/mol. The highest BCUT2D eigenvalue weighted by Crippen LogP contribution is 2.21. The Morgan fingerprint density at radius 1 is 1.00 bits per heavy atom. The van der Waals surface area contributed by atoms with Crippen LogP contribution in [-0.2, 0) is 19.1 Å². The lowest BCUT2D eigenvalue weighted by Crippen LogP contribution is -2.59. The minimum atomic E-state index is -1.50. The highest BCUT2D eigenvalue weighted by Gasteiger charge is 2.43. The Kier molecular flexibility index (Phi) is 10.6. The molecule has 26 heavy (non-hydrogen) atoms. The number of ether oxygens (including phenoxy) is 2. The number of carbonyl (C=O) groups is 2. The molecule has 0 unspecified atom stereocenters. The summed E-state index contributed by atoms with van der Waals surface area (Å²) in [5, 5.41) is 43.5. The average Bonchev–Trinajstić information content (AvgIpc) is 2.62. The number of amides is 2. The van der Waals surface area contributed by atoms with Gasteiger partial charge in [0.1, 0.15) is 24.4 Å². The molecule has 1 heterocycles. The Bertz CT molecular complexity index is 434. The van der Waals surface area contributed by atoms with Crippen molar-refractivity contribution in [1.82, 2.24) is 10.6 Å². The SMILES string of the molecule is CCNC(=O)CCCCC(=O)NCCO[C@@H]1O[C@H](CO)[C@@H](O)[C@H](O)[C@@H]1O. The van der Waals surface area contributed by atoms with Gasteiger partial charge in [0.15, 0.2) is 6.29 Å². The van der Waals surface area contributed by atoms with E-state index in [1.54, 1.807) is 0 Å². The number of hydrogen-bond acceptors (Lipinski definition) is 8. The molecule has 152 valence electrons. The van der Waals surface area contributed by atoms with Crippen LogP contribution in [0.5, 0.6) is 0 Å². The predicted octanol–water partition coefficient (Wildman–Crippen LogP) is -2.38. The molecule has 1 rings (SSSR count). The first-order chi connectivity index (χ1) is 12.4. The molecule has 0 aromatic rings. The van der Waals surface area contributed by atoms with E-state index in [-0.39, 0.29) is 25.0 Å². The fourth-order valence-corrected chi connectivity index (χ4v) is 2.52. The van der Waals surface area contributed by atoms with Gasteiger partial charge in [-0.2, -0.15) is 0 Å². The maximum atomic E-state index is 11.7. The Morgan fingerprint density at radius 3 is 2.19 bits per heavy atom. The third kappa shape index (κ3) is 7.52. The smallest absolute Gasteiger partial charge is 0.220 e. The van der Waals surface area contributed by atoms with Gasteiger partial charge in [-0.25, -0.2) is 0 Å². The minimum Gasteiger partial charge on any atom is -0.394 e. The standard InChI is InChI=1S/C16H30N2O8/c1-2-17-11(20)5-3-4-6-12(21)18-7-8-25-16-15(24)14(23)13(22)10(9-19)26-16/h10,13-16,19,22-24H,2-9H2,1H3,(H,17,20)(H,18,21)/t10-,13-,14+,15+,16-/m1/s1. The summed E-state index contributed by atoms with van der Waals surface area (Å²) in [5.41, 5.74) is 0. The number of rotatable bonds is 11. The number of carbonyl (C=O) groups excluding carboxylic acids is 2. The number of nitrogens with one attached hydrogen (secondary N) is 2. The van der Waals surface area contributed by atoms with E-state index in [1.165, 1.54) is 0 Å². The monoisotopic (exact) mass is 378 g/mol. The van der Waals surface area contributed by atoms with Crippen LogP contribution in [0.2, 0.25) is 0 Å². The fourth-order valence-electron chi connectivity index (χ4n) is 2.52. The maximum Gasteiger partial charge on any atom is 0.220 e. The summed E-state index contributed by atoms with van der Waals surface area (Å²) in [6, 6.07) is 0. The minimum absolute atomic E-state index is 0.0212. The highest BCUT2D eigenvalue weighted by atomic mass is 16.7. The summed E-state index contributed by atoms with van der Waals surface area (Å²) < 4.78 is 10.4. The first kappa shape index (κ1) is 22.7. The Hall–Kier alpha value is -1.30. The Morgan fingerprint density at radius 2 is 1.62 bits per heavy atom. The first-order valence-corrected chi connectivity index (χ1v) is 8.86. The molecule has 0 spiro atoms. The van der Waals surface area contributed by atoms with Crippen LogP contribution in [0.15, 0.2) is 0 Å². The lowest BCUT2D eigenvalue weighted by molar-refractivity contribution is -0.300. The molecule has 0 bridgehead atoms. The quantitative estimate of drug-likeness (QED) is 0.218. The van der Waals surface area contributed by atoms with Gasteiger partial charge in [-0.3, -0.25) is 9.59 Å². The van der Waals surface area contributed by atoms with E-state index in [4.69, 9.17) is 14.6 Å². The molecular formula is C16H30N2O8. The molecule has 10 nitrogen and oxygen atoms in total. The van der Waals surface area contributed by atoms with Gasteiger partial charge in [-0.05, 0) is 19.8 Å². The van der Waals surface area contributed by atoms with Crippen molar-refractivity contribution in [3.8, 4) is 0 Å². The molecule has 5 atom stereocenters. The van der Waals surface area contributed by atoms with Crippen LogP contribution in [0.4, 0.5) is 0 Å². The molecule has 1 fully saturated rings. The zero-order valence-corrected chi connectivity index (χ0v) is 15.0. The second kappa shape index (κ2) is 12.2. The van der Waals surface area contributed by atoms with Gasteiger partial charge in [0, 0.05) is 25.9 Å². The zero-order chi connectivity index (χ0) is 19.5. The van der Waals surface area contributed by atoms with E-state index in [2.05, 4.69) is 10.6 Å². The van der Waals surface area contributed by atoms with Gasteiger partial charge >= 0.3 is 0 Å². The third-order valence-corrected chi connectivity index (χ3v) is 3.99. The summed E-state index contributed by atoms with van der Waals surface area (Å²) in [6.07, 6.45) is -4.73. The Labute approximate surface area is 152 Å². The van der Waals surface area contributed by atoms with Gasteiger partial charge in [-0.1, -0.05) is 0 Å². The number of unbranched alkanes of at least 4 members (excludes halogenated alkanes) is 1. The van der Waals surface area contributed by atoms with E-state index in [0.717, 1.165) is 0 Å². The zero-order valence-electron chi connectivity index (χ0n) is 15.0. The number of aliphatic hydroxyl groups excluding tert-OH is 4. The van der Waals surface area contributed by atoms with Gasteiger partial charge in [-0.15, -0.1) is 0 Å². The van der Waals surface area contributed by atoms with Crippen molar-refractivity contribution in [2.75, 3.05) is 26.3 Å². The van der Waals surface area contributed by atoms with Crippen LogP contribution in [0.25, 0.3) is 0 Å². The second-order valence-corrected chi connectivity index (χ2v) is 6.08. The number of aliphatic hydroxyl groups is 4. The van der Waals surface area contributed by atoms with Gasteiger partial charge in [0.25, 0.3) is 0 Å². The van der Waals surface area contributed by atoms with Crippen molar-refractivity contribution in [2.24, 2.45) is 0 Å². The number of hydrogen-bond donors (Lipinski definition) is 6. The van der Waals surface area contributed by atoms with E-state index in [9.17, 15) is 24.9 Å². The lowest BCUT2D eigenvalue weighted by Gasteiger charge is -2.39. The van der Waals surface area contributed by atoms with Crippen molar-refractivity contribution >= 4 is 11.8 Å². The van der Waals surface area contributed by atoms with Crippen molar-refractivity contribution in [3.05, 3.63) is 0 Å². The molecule has 0 radical (unpaired) electrons. The molecule has 1 aliphatic heterocycles. The topological polar surface area (TPSA) is 158 Å². The van der Waals surface area contributed by atoms with E-state index in [1.807, 2.05) is 6.92 Å². The molecule has 10 heteroatoms. The molecule has 0 saturated carbocycles. The van der Waals surface area contributed by atoms with Crippen LogP contribution in [0.1, 0.15) is 32.6 Å². The third-order valence-electron chi connectivity index (χ3n) is 3.99. The van der Waals surface area contributed by atoms with Gasteiger partial charge in [0.05, 0.1) is 13.2 Å². The second-order valence-electron chi connectivity index (χ2n) is 6.08. The molecule has 0 aromatic heterocycles. The maximum absolute atomic E-state index is 11.7. The summed E-state index contributed by atoms with van der Waals surface area (Å²) >= 11 is 0. The van der Waals surface area contributed by atoms with Crippen LogP contribution in [-0.4, -0.2) is 89.2 Å². The summed E-state index contributed by atoms with van der Waals surface area (Å²) in [5.74, 6) is -0.209. The molecule has 1 saturated heterocycles. The molecule has 0 aliphatic carbocycles. The molecular weight excluding hydrogens is 348 g/mol. The van der Waals surface area contributed by atoms with Crippen LogP contribution in [0.3, 0.4) is 0 Å². The van der Waals surface area contributed by atoms with Crippen molar-refractivity contribution in [3.63, 3.8) is 0 Å². The van der Waals surface area contributed by atoms with Crippen LogP contribution < -0.4 is 10.6 Å². The molecule has 6 N–H and O–H groups in total. The largest absolute Gasteiger partial charge is 0.394 e. The van der Waals surface area contributed by atoms with Crippen molar-refractivity contribution < 1.29 is 39.5 Å². The Balaban J connectivity index is 2.15. The van der Waals surface area contributed by atoms with E-state index in [0.29, 0.717) is 32.2 Å². The van der Waals surface area contributed by atoms with E-state index >= 15 is 0 Å². The highest BCUT2D eigenvalue weighted by molar-refractivity contribution is 5.77. The van der Waals surface area contributed by atoms with Crippen LogP contribution >= 0.6 is 0 Å². The molecule has 1 aliphatic rings.